The average Bonchev–Trinajstić information content (AvgIpc) is 3.70. The first-order valence-corrected chi connectivity index (χ1v) is 21.1. The highest BCUT2D eigenvalue weighted by Crippen LogP contribution is 2.47. The van der Waals surface area contributed by atoms with Crippen LogP contribution in [0.2, 0.25) is 0 Å². The van der Waals surface area contributed by atoms with Crippen LogP contribution >= 0.6 is 0 Å². The number of aliphatic hydroxyl groups excluding tert-OH is 2. The van der Waals surface area contributed by atoms with E-state index in [1.807, 2.05) is 104 Å². The van der Waals surface area contributed by atoms with Crippen molar-refractivity contribution in [3.63, 3.8) is 0 Å². The van der Waals surface area contributed by atoms with E-state index in [0.717, 1.165) is 58.3 Å². The van der Waals surface area contributed by atoms with Gasteiger partial charge >= 0.3 is 0 Å². The Bertz CT molecular complexity index is 2150. The Hall–Kier alpha value is -4.72. The molecule has 5 aromatic carbocycles. The van der Waals surface area contributed by atoms with Crippen molar-refractivity contribution in [3.8, 4) is 0 Å². The van der Waals surface area contributed by atoms with Crippen molar-refractivity contribution in [2.75, 3.05) is 19.7 Å². The molecule has 2 saturated heterocycles. The molecule has 0 spiro atoms. The summed E-state index contributed by atoms with van der Waals surface area (Å²) in [4.78, 5) is 16.1. The van der Waals surface area contributed by atoms with Crippen molar-refractivity contribution in [2.24, 2.45) is 0 Å². The molecule has 2 aliphatic rings. The average molecular weight is 790 g/mol. The third kappa shape index (κ3) is 10.1. The van der Waals surface area contributed by atoms with Gasteiger partial charge in [-0.1, -0.05) is 127 Å². The lowest BCUT2D eigenvalue weighted by molar-refractivity contribution is -0.264. The summed E-state index contributed by atoms with van der Waals surface area (Å²) in [6.45, 7) is 3.61. The van der Waals surface area contributed by atoms with E-state index in [9.17, 15) is 23.4 Å². The minimum Gasteiger partial charge on any atom is -0.395 e. The van der Waals surface area contributed by atoms with E-state index in [2.05, 4.69) is 27.1 Å². The molecule has 5 aromatic rings. The second-order valence-electron chi connectivity index (χ2n) is 15.0. The normalized spacial score (nSPS) is 21.9. The first-order valence-electron chi connectivity index (χ1n) is 19.6. The molecule has 1 unspecified atom stereocenters. The molecule has 10 nitrogen and oxygen atoms in total. The fourth-order valence-electron chi connectivity index (χ4n) is 7.85. The minimum absolute atomic E-state index is 0.0523. The van der Waals surface area contributed by atoms with Crippen LogP contribution in [0.25, 0.3) is 0 Å². The molecule has 2 fully saturated rings. The van der Waals surface area contributed by atoms with Gasteiger partial charge in [-0.3, -0.25) is 9.69 Å². The minimum atomic E-state index is -3.97. The van der Waals surface area contributed by atoms with Gasteiger partial charge < -0.3 is 25.0 Å². The maximum absolute atomic E-state index is 13.7. The van der Waals surface area contributed by atoms with Crippen LogP contribution in [-0.2, 0) is 43.9 Å². The van der Waals surface area contributed by atoms with Crippen molar-refractivity contribution in [1.29, 1.82) is 0 Å². The number of aryl methyl sites for hydroxylation is 1. The van der Waals surface area contributed by atoms with Crippen molar-refractivity contribution < 1.29 is 32.9 Å². The molecule has 57 heavy (non-hydrogen) atoms. The second kappa shape index (κ2) is 18.7. The van der Waals surface area contributed by atoms with Crippen LogP contribution < -0.4 is 10.0 Å². The van der Waals surface area contributed by atoms with E-state index in [1.54, 1.807) is 12.1 Å². The van der Waals surface area contributed by atoms with E-state index < -0.39 is 28.3 Å². The van der Waals surface area contributed by atoms with Gasteiger partial charge in [0.05, 0.1) is 30.3 Å². The number of rotatable bonds is 15. The van der Waals surface area contributed by atoms with Gasteiger partial charge in [0.15, 0.2) is 6.29 Å². The molecule has 2 aliphatic heterocycles. The molecule has 1 amide bonds. The highest BCUT2D eigenvalue weighted by atomic mass is 32.2. The largest absolute Gasteiger partial charge is 0.395 e. The number of hydrogen-bond donors (Lipinski definition) is 4. The molecule has 4 N–H and O–H groups in total. The molecule has 0 aliphatic carbocycles. The molecule has 0 radical (unpaired) electrons. The first-order chi connectivity index (χ1) is 27.7. The van der Waals surface area contributed by atoms with Crippen LogP contribution in [0.4, 0.5) is 0 Å². The summed E-state index contributed by atoms with van der Waals surface area (Å²) in [6.07, 6.45) is 0.785. The van der Waals surface area contributed by atoms with E-state index in [4.69, 9.17) is 9.47 Å². The van der Waals surface area contributed by atoms with Crippen LogP contribution in [-0.4, -0.2) is 67.3 Å². The molecule has 11 heteroatoms. The molecule has 298 valence electrons. The van der Waals surface area contributed by atoms with E-state index in [1.165, 1.54) is 12.1 Å². The number of likely N-dealkylation sites (tertiary alicyclic amines) is 1. The first kappa shape index (κ1) is 40.5. The summed E-state index contributed by atoms with van der Waals surface area (Å²) in [5.74, 6) is -0.588. The zero-order valence-corrected chi connectivity index (χ0v) is 32.9. The predicted octanol–water partition coefficient (Wildman–Crippen LogP) is 6.09. The number of hydrogen-bond acceptors (Lipinski definition) is 8. The summed E-state index contributed by atoms with van der Waals surface area (Å²) >= 11 is 0. The number of nitrogens with zero attached hydrogens (tertiary/aromatic N) is 1. The number of sulfonamides is 1. The summed E-state index contributed by atoms with van der Waals surface area (Å²) in [5, 5.41) is 22.9. The maximum atomic E-state index is 13.7. The van der Waals surface area contributed by atoms with Gasteiger partial charge in [-0.15, -0.1) is 0 Å². The third-order valence-electron chi connectivity index (χ3n) is 11.0. The summed E-state index contributed by atoms with van der Waals surface area (Å²) < 4.78 is 43.1. The Labute approximate surface area is 335 Å². The topological polar surface area (TPSA) is 137 Å². The Kier molecular flexibility index (Phi) is 13.3. The summed E-state index contributed by atoms with van der Waals surface area (Å²) in [5.41, 5.74) is 6.27. The number of amides is 1. The number of aliphatic hydroxyl groups is 2. The van der Waals surface area contributed by atoms with Crippen LogP contribution in [0, 0.1) is 6.92 Å². The summed E-state index contributed by atoms with van der Waals surface area (Å²) in [7, 11) is -3.97. The van der Waals surface area contributed by atoms with Gasteiger partial charge in [-0.25, -0.2) is 8.42 Å². The lowest BCUT2D eigenvalue weighted by atomic mass is 9.83. The zero-order chi connectivity index (χ0) is 39.8. The fourth-order valence-corrected chi connectivity index (χ4v) is 9.05. The smallest absolute Gasteiger partial charge is 0.241 e. The molecule has 0 aromatic heterocycles. The Morgan fingerprint density at radius 1 is 0.772 bits per heavy atom. The van der Waals surface area contributed by atoms with E-state index in [0.29, 0.717) is 6.54 Å². The van der Waals surface area contributed by atoms with Gasteiger partial charge in [0.2, 0.25) is 15.9 Å². The zero-order valence-electron chi connectivity index (χ0n) is 32.1. The Balaban J connectivity index is 1.10. The number of carbonyl (C=O) groups excluding carboxylic acids is 1. The quantitative estimate of drug-likeness (QED) is 0.100. The molecular formula is C46H51N3O7S. The van der Waals surface area contributed by atoms with Crippen LogP contribution in [0.5, 0.6) is 0 Å². The molecule has 6 atom stereocenters. The Morgan fingerprint density at radius 3 is 2.09 bits per heavy atom. The second-order valence-corrected chi connectivity index (χ2v) is 16.7. The monoisotopic (exact) mass is 789 g/mol. The van der Waals surface area contributed by atoms with Crippen LogP contribution in [0.15, 0.2) is 138 Å². The highest BCUT2D eigenvalue weighted by molar-refractivity contribution is 7.89. The van der Waals surface area contributed by atoms with Crippen molar-refractivity contribution in [1.82, 2.24) is 14.9 Å². The van der Waals surface area contributed by atoms with Gasteiger partial charge in [-0.2, -0.15) is 4.72 Å². The highest BCUT2D eigenvalue weighted by Gasteiger charge is 2.43. The molecule has 0 saturated carbocycles. The Morgan fingerprint density at radius 2 is 1.42 bits per heavy atom. The van der Waals surface area contributed by atoms with E-state index >= 15 is 0 Å². The van der Waals surface area contributed by atoms with Gasteiger partial charge in [0, 0.05) is 30.6 Å². The number of carbonyl (C=O) groups is 1. The van der Waals surface area contributed by atoms with Crippen molar-refractivity contribution >= 4 is 15.9 Å². The lowest BCUT2D eigenvalue weighted by Gasteiger charge is -2.44. The van der Waals surface area contributed by atoms with Crippen molar-refractivity contribution in [3.05, 3.63) is 172 Å². The standard InChI is InChI=1S/C46H51N3O7S/c1-32-14-24-40(25-15-32)57(53,54)48-41(27-33-9-4-2-5-10-33)45(52)47-28-34-16-22-38(23-17-34)46-55-42(29-49-26-8-13-39(49)31-51)43(36-11-6-3-7-12-36)44(56-46)37-20-18-35(30-50)19-21-37/h2-7,9-12,14-25,39,41-44,46,48,50-51H,8,13,26-31H2,1H3,(H,47,52)/t39-,41+,42+,43+,44-,46?/m0/s1. The van der Waals surface area contributed by atoms with Crippen molar-refractivity contribution in [2.45, 2.75) is 80.7 Å². The molecule has 7 rings (SSSR count). The predicted molar refractivity (Wildman–Crippen MR) is 218 cm³/mol. The number of ether oxygens (including phenoxy) is 2. The summed E-state index contributed by atoms with van der Waals surface area (Å²) in [6, 6.07) is 40.7. The van der Waals surface area contributed by atoms with Gasteiger partial charge in [0.1, 0.15) is 6.04 Å². The van der Waals surface area contributed by atoms with Gasteiger partial charge in [0.25, 0.3) is 0 Å². The maximum Gasteiger partial charge on any atom is 0.241 e. The molecule has 2 heterocycles. The number of benzene rings is 5. The van der Waals surface area contributed by atoms with E-state index in [-0.39, 0.29) is 55.2 Å². The lowest BCUT2D eigenvalue weighted by Crippen LogP contribution is -2.47. The SMILES string of the molecule is Cc1ccc(S(=O)(=O)N[C@H](Cc2ccccc2)C(=O)NCc2ccc(C3O[C@H](CN4CCC[C@H]4CO)[C@@H](c4ccccc4)[C@H](c4ccc(CO)cc4)O3)cc2)cc1. The number of nitrogens with one attached hydrogen (secondary N) is 2. The fraction of sp³-hybridized carbons (Fsp3) is 0.326. The van der Waals surface area contributed by atoms with Gasteiger partial charge in [-0.05, 0) is 72.7 Å². The van der Waals surface area contributed by atoms with Crippen LogP contribution in [0.1, 0.15) is 70.1 Å². The van der Waals surface area contributed by atoms with Crippen LogP contribution in [0.3, 0.4) is 0 Å². The third-order valence-corrected chi connectivity index (χ3v) is 12.5. The molecular weight excluding hydrogens is 739 g/mol. The molecule has 0 bridgehead atoms.